The molecule has 1 amide bonds. The Morgan fingerprint density at radius 1 is 1.47 bits per heavy atom. The zero-order chi connectivity index (χ0) is 12.8. The molecule has 0 aromatic heterocycles. The smallest absolute Gasteiger partial charge is 0.222 e. The minimum atomic E-state index is 0.0393. The van der Waals surface area contributed by atoms with E-state index in [1.165, 1.54) is 0 Å². The SMILES string of the molecule is CC(N)CCC(=O)N(C)Cc1ccccc1O. The van der Waals surface area contributed by atoms with Crippen LogP contribution in [0.4, 0.5) is 0 Å². The molecule has 1 aromatic rings. The first kappa shape index (κ1) is 13.5. The fraction of sp³-hybridized carbons (Fsp3) is 0.462. The van der Waals surface area contributed by atoms with Crippen LogP contribution in [0.15, 0.2) is 24.3 Å². The van der Waals surface area contributed by atoms with Gasteiger partial charge in [0.05, 0.1) is 0 Å². The fourth-order valence-electron chi connectivity index (χ4n) is 1.53. The predicted molar refractivity (Wildman–Crippen MR) is 67.5 cm³/mol. The van der Waals surface area contributed by atoms with E-state index >= 15 is 0 Å². The minimum Gasteiger partial charge on any atom is -0.508 e. The number of nitrogens with two attached hydrogens (primary N) is 1. The van der Waals surface area contributed by atoms with Gasteiger partial charge in [0.15, 0.2) is 0 Å². The Labute approximate surface area is 102 Å². The molecule has 1 atom stereocenters. The van der Waals surface area contributed by atoms with Gasteiger partial charge in [-0.2, -0.15) is 0 Å². The standard InChI is InChI=1S/C13H20N2O2/c1-10(14)7-8-13(17)15(2)9-11-5-3-4-6-12(11)16/h3-6,10,16H,7-9,14H2,1-2H3. The molecule has 0 aliphatic heterocycles. The molecule has 94 valence electrons. The summed E-state index contributed by atoms with van der Waals surface area (Å²) in [6.45, 7) is 2.31. The van der Waals surface area contributed by atoms with Crippen LogP contribution in [0, 0.1) is 0 Å². The Balaban J connectivity index is 2.51. The number of para-hydroxylation sites is 1. The van der Waals surface area contributed by atoms with E-state index in [0.29, 0.717) is 19.4 Å². The van der Waals surface area contributed by atoms with E-state index in [0.717, 1.165) is 5.56 Å². The van der Waals surface area contributed by atoms with Crippen LogP contribution in [0.2, 0.25) is 0 Å². The lowest BCUT2D eigenvalue weighted by Gasteiger charge is -2.18. The predicted octanol–water partition coefficient (Wildman–Crippen LogP) is 1.48. The number of nitrogens with zero attached hydrogens (tertiary/aromatic N) is 1. The van der Waals surface area contributed by atoms with Crippen molar-refractivity contribution in [1.82, 2.24) is 4.90 Å². The van der Waals surface area contributed by atoms with Crippen LogP contribution in [0.25, 0.3) is 0 Å². The molecule has 0 bridgehead atoms. The summed E-state index contributed by atoms with van der Waals surface area (Å²) >= 11 is 0. The Morgan fingerprint density at radius 3 is 2.71 bits per heavy atom. The van der Waals surface area contributed by atoms with Crippen molar-refractivity contribution in [3.8, 4) is 5.75 Å². The topological polar surface area (TPSA) is 66.6 Å². The Kier molecular flexibility index (Phi) is 4.97. The molecule has 0 saturated carbocycles. The van der Waals surface area contributed by atoms with Crippen molar-refractivity contribution in [1.29, 1.82) is 0 Å². The summed E-state index contributed by atoms with van der Waals surface area (Å²) in [5.41, 5.74) is 6.36. The van der Waals surface area contributed by atoms with Gasteiger partial charge in [-0.25, -0.2) is 0 Å². The van der Waals surface area contributed by atoms with Crippen molar-refractivity contribution >= 4 is 5.91 Å². The highest BCUT2D eigenvalue weighted by Crippen LogP contribution is 2.17. The number of hydrogen-bond donors (Lipinski definition) is 2. The summed E-state index contributed by atoms with van der Waals surface area (Å²) in [5.74, 6) is 0.268. The lowest BCUT2D eigenvalue weighted by atomic mass is 10.1. The van der Waals surface area contributed by atoms with Gasteiger partial charge in [-0.15, -0.1) is 0 Å². The average Bonchev–Trinajstić information content (AvgIpc) is 2.28. The van der Waals surface area contributed by atoms with Gasteiger partial charge in [-0.1, -0.05) is 18.2 Å². The van der Waals surface area contributed by atoms with Crippen molar-refractivity contribution in [2.45, 2.75) is 32.4 Å². The molecule has 0 fully saturated rings. The fourth-order valence-corrected chi connectivity index (χ4v) is 1.53. The highest BCUT2D eigenvalue weighted by atomic mass is 16.3. The maximum absolute atomic E-state index is 11.8. The van der Waals surface area contributed by atoms with Gasteiger partial charge in [0.25, 0.3) is 0 Å². The summed E-state index contributed by atoms with van der Waals surface area (Å²) in [6, 6.07) is 7.07. The molecular formula is C13H20N2O2. The molecule has 17 heavy (non-hydrogen) atoms. The van der Waals surface area contributed by atoms with Gasteiger partial charge in [0, 0.05) is 31.6 Å². The number of carbonyl (C=O) groups excluding carboxylic acids is 1. The third-order valence-corrected chi connectivity index (χ3v) is 2.64. The second-order valence-corrected chi connectivity index (χ2v) is 4.39. The largest absolute Gasteiger partial charge is 0.508 e. The number of amides is 1. The number of phenols is 1. The molecule has 3 N–H and O–H groups in total. The van der Waals surface area contributed by atoms with Crippen molar-refractivity contribution in [3.05, 3.63) is 29.8 Å². The highest BCUT2D eigenvalue weighted by molar-refractivity contribution is 5.75. The van der Waals surface area contributed by atoms with Crippen LogP contribution in [0.3, 0.4) is 0 Å². The van der Waals surface area contributed by atoms with Crippen LogP contribution >= 0.6 is 0 Å². The van der Waals surface area contributed by atoms with Crippen molar-refractivity contribution in [2.75, 3.05) is 7.05 Å². The van der Waals surface area contributed by atoms with E-state index in [1.54, 1.807) is 24.1 Å². The summed E-state index contributed by atoms with van der Waals surface area (Å²) in [7, 11) is 1.73. The number of phenolic OH excluding ortho intramolecular Hbond substituents is 1. The van der Waals surface area contributed by atoms with E-state index in [9.17, 15) is 9.90 Å². The molecule has 1 rings (SSSR count). The first-order valence-corrected chi connectivity index (χ1v) is 5.77. The Morgan fingerprint density at radius 2 is 2.12 bits per heavy atom. The number of aromatic hydroxyl groups is 1. The van der Waals surface area contributed by atoms with Gasteiger partial charge >= 0.3 is 0 Å². The summed E-state index contributed by atoms with van der Waals surface area (Å²) < 4.78 is 0. The molecule has 0 spiro atoms. The second kappa shape index (κ2) is 6.25. The number of carbonyl (C=O) groups is 1. The van der Waals surface area contributed by atoms with E-state index in [1.807, 2.05) is 19.1 Å². The normalized spacial score (nSPS) is 12.2. The van der Waals surface area contributed by atoms with Crippen LogP contribution in [0.1, 0.15) is 25.3 Å². The van der Waals surface area contributed by atoms with E-state index in [4.69, 9.17) is 5.73 Å². The minimum absolute atomic E-state index is 0.0393. The first-order chi connectivity index (χ1) is 8.00. The Bertz CT molecular complexity index is 377. The maximum Gasteiger partial charge on any atom is 0.222 e. The average molecular weight is 236 g/mol. The number of hydrogen-bond acceptors (Lipinski definition) is 3. The van der Waals surface area contributed by atoms with Crippen LogP contribution in [0.5, 0.6) is 5.75 Å². The van der Waals surface area contributed by atoms with Gasteiger partial charge in [0.2, 0.25) is 5.91 Å². The summed E-state index contributed by atoms with van der Waals surface area (Å²) in [5, 5.41) is 9.60. The third-order valence-electron chi connectivity index (χ3n) is 2.64. The monoisotopic (exact) mass is 236 g/mol. The lowest BCUT2D eigenvalue weighted by Crippen LogP contribution is -2.28. The molecule has 0 aliphatic rings. The van der Waals surface area contributed by atoms with Crippen molar-refractivity contribution in [3.63, 3.8) is 0 Å². The lowest BCUT2D eigenvalue weighted by molar-refractivity contribution is -0.130. The summed E-state index contributed by atoms with van der Waals surface area (Å²) in [6.07, 6.45) is 1.13. The Hall–Kier alpha value is -1.55. The molecule has 4 heteroatoms. The molecule has 1 unspecified atom stereocenters. The molecule has 1 aromatic carbocycles. The zero-order valence-corrected chi connectivity index (χ0v) is 10.4. The number of benzene rings is 1. The molecule has 0 radical (unpaired) electrons. The van der Waals surface area contributed by atoms with Crippen molar-refractivity contribution in [2.24, 2.45) is 5.73 Å². The number of rotatable bonds is 5. The molecular weight excluding hydrogens is 216 g/mol. The van der Waals surface area contributed by atoms with Crippen molar-refractivity contribution < 1.29 is 9.90 Å². The molecule has 0 saturated heterocycles. The van der Waals surface area contributed by atoms with E-state index in [-0.39, 0.29) is 17.7 Å². The van der Waals surface area contributed by atoms with Gasteiger partial charge in [-0.05, 0) is 19.4 Å². The van der Waals surface area contributed by atoms with Gasteiger partial charge < -0.3 is 15.7 Å². The quantitative estimate of drug-likeness (QED) is 0.813. The second-order valence-electron chi connectivity index (χ2n) is 4.39. The van der Waals surface area contributed by atoms with Gasteiger partial charge in [0.1, 0.15) is 5.75 Å². The van der Waals surface area contributed by atoms with Crippen LogP contribution in [-0.4, -0.2) is 29.0 Å². The maximum atomic E-state index is 11.8. The molecule has 4 nitrogen and oxygen atoms in total. The zero-order valence-electron chi connectivity index (χ0n) is 10.4. The van der Waals surface area contributed by atoms with Crippen LogP contribution in [-0.2, 0) is 11.3 Å². The highest BCUT2D eigenvalue weighted by Gasteiger charge is 2.11. The molecule has 0 heterocycles. The molecule has 0 aliphatic carbocycles. The van der Waals surface area contributed by atoms with Crippen LogP contribution < -0.4 is 5.73 Å². The van der Waals surface area contributed by atoms with E-state index in [2.05, 4.69) is 0 Å². The summed E-state index contributed by atoms with van der Waals surface area (Å²) in [4.78, 5) is 13.4. The third kappa shape index (κ3) is 4.44. The van der Waals surface area contributed by atoms with E-state index < -0.39 is 0 Å². The first-order valence-electron chi connectivity index (χ1n) is 5.77. The van der Waals surface area contributed by atoms with Gasteiger partial charge in [-0.3, -0.25) is 4.79 Å².